The topological polar surface area (TPSA) is 106 Å². The fraction of sp³-hybridized carbons (Fsp3) is 0.280. The molecule has 170 valence electrons. The highest BCUT2D eigenvalue weighted by Gasteiger charge is 2.28. The van der Waals surface area contributed by atoms with Crippen molar-refractivity contribution in [3.05, 3.63) is 105 Å². The van der Waals surface area contributed by atoms with E-state index in [1.54, 1.807) is 17.8 Å². The predicted molar refractivity (Wildman–Crippen MR) is 126 cm³/mol. The van der Waals surface area contributed by atoms with Crippen LogP contribution >= 0.6 is 0 Å². The lowest BCUT2D eigenvalue weighted by Gasteiger charge is -2.27. The van der Waals surface area contributed by atoms with Crippen LogP contribution < -0.4 is 11.2 Å². The number of unbranched alkanes of at least 4 members (excludes halogenated alkanes) is 1. The number of rotatable bonds is 9. The van der Waals surface area contributed by atoms with E-state index in [1.165, 1.54) is 16.8 Å². The van der Waals surface area contributed by atoms with Gasteiger partial charge in [-0.2, -0.15) is 0 Å². The number of nitrogens with one attached hydrogen (secondary N) is 1. The molecule has 0 fully saturated rings. The molecule has 0 aliphatic carbocycles. The molecule has 0 aliphatic heterocycles. The van der Waals surface area contributed by atoms with Crippen molar-refractivity contribution in [1.29, 1.82) is 0 Å². The van der Waals surface area contributed by atoms with Crippen LogP contribution in [-0.2, 0) is 25.1 Å². The molecule has 0 spiro atoms. The highest BCUT2D eigenvalue weighted by molar-refractivity contribution is 5.68. The number of aromatic amines is 1. The Balaban J connectivity index is 1.44. The third kappa shape index (κ3) is 5.35. The molecule has 0 saturated heterocycles. The summed E-state index contributed by atoms with van der Waals surface area (Å²) in [7, 11) is 0. The second-order valence-corrected chi connectivity index (χ2v) is 8.33. The molecule has 4 rings (SSSR count). The van der Waals surface area contributed by atoms with Gasteiger partial charge in [0.2, 0.25) is 0 Å². The van der Waals surface area contributed by atoms with Crippen molar-refractivity contribution in [1.82, 2.24) is 24.5 Å². The van der Waals surface area contributed by atoms with Crippen molar-refractivity contribution in [2.75, 3.05) is 0 Å². The molecule has 33 heavy (non-hydrogen) atoms. The first-order chi connectivity index (χ1) is 15.9. The Labute approximate surface area is 191 Å². The second kappa shape index (κ2) is 9.79. The molecule has 0 saturated carbocycles. The molecule has 0 radical (unpaired) electrons. The minimum absolute atomic E-state index is 0.269. The van der Waals surface area contributed by atoms with Gasteiger partial charge in [-0.25, -0.2) is 9.48 Å². The van der Waals surface area contributed by atoms with E-state index in [4.69, 9.17) is 0 Å². The van der Waals surface area contributed by atoms with Gasteiger partial charge in [-0.05, 0) is 42.9 Å². The van der Waals surface area contributed by atoms with Gasteiger partial charge in [0.25, 0.3) is 5.56 Å². The van der Waals surface area contributed by atoms with Crippen LogP contribution in [0.25, 0.3) is 11.1 Å². The van der Waals surface area contributed by atoms with Crippen molar-refractivity contribution in [2.45, 2.75) is 44.9 Å². The molecule has 8 nitrogen and oxygen atoms in total. The number of hydrogen-bond acceptors (Lipinski definition) is 5. The number of aromatic nitrogens is 5. The number of aliphatic hydroxyl groups is 1. The summed E-state index contributed by atoms with van der Waals surface area (Å²) in [5.74, 6) is 0. The van der Waals surface area contributed by atoms with Gasteiger partial charge in [-0.15, -0.1) is 5.10 Å². The van der Waals surface area contributed by atoms with Crippen LogP contribution in [0.4, 0.5) is 0 Å². The maximum atomic E-state index is 11.8. The zero-order chi connectivity index (χ0) is 23.3. The average Bonchev–Trinajstić information content (AvgIpc) is 3.24. The van der Waals surface area contributed by atoms with E-state index in [0.29, 0.717) is 13.0 Å². The molecule has 0 bridgehead atoms. The Kier molecular flexibility index (Phi) is 6.65. The Morgan fingerprint density at radius 2 is 1.76 bits per heavy atom. The van der Waals surface area contributed by atoms with Crippen LogP contribution in [0.1, 0.15) is 31.0 Å². The third-order valence-electron chi connectivity index (χ3n) is 5.73. The molecule has 2 aromatic carbocycles. The fourth-order valence-corrected chi connectivity index (χ4v) is 4.01. The SMILES string of the molecule is C[C@@](O)(Cn1nncc1CCCCn1ccc(=O)[nH]c1=O)c1ccccc1-c1ccccc1. The summed E-state index contributed by atoms with van der Waals surface area (Å²) in [6.45, 7) is 2.58. The molecule has 2 aromatic heterocycles. The summed E-state index contributed by atoms with van der Waals surface area (Å²) in [4.78, 5) is 25.2. The molecule has 2 heterocycles. The monoisotopic (exact) mass is 445 g/mol. The van der Waals surface area contributed by atoms with E-state index in [9.17, 15) is 14.7 Å². The highest BCUT2D eigenvalue weighted by Crippen LogP contribution is 2.33. The Hall–Kier alpha value is -3.78. The van der Waals surface area contributed by atoms with Crippen LogP contribution in [0.15, 0.2) is 82.6 Å². The van der Waals surface area contributed by atoms with Crippen LogP contribution in [0, 0.1) is 0 Å². The zero-order valence-corrected chi connectivity index (χ0v) is 18.5. The molecule has 4 aromatic rings. The maximum absolute atomic E-state index is 11.8. The molecule has 0 aliphatic rings. The predicted octanol–water partition coefficient (Wildman–Crippen LogP) is 2.73. The molecule has 1 atom stereocenters. The Bertz CT molecular complexity index is 1320. The zero-order valence-electron chi connectivity index (χ0n) is 18.5. The van der Waals surface area contributed by atoms with Crippen LogP contribution in [0.5, 0.6) is 0 Å². The van der Waals surface area contributed by atoms with E-state index in [-0.39, 0.29) is 6.54 Å². The molecule has 0 amide bonds. The first kappa shape index (κ1) is 22.4. The Morgan fingerprint density at radius 1 is 1.00 bits per heavy atom. The summed E-state index contributed by atoms with van der Waals surface area (Å²) in [5.41, 5.74) is 1.82. The standard InChI is InChI=1S/C25H27N5O3/c1-25(33,22-13-6-5-12-21(22)19-9-3-2-4-10-19)18-30-20(17-26-28-30)11-7-8-15-29-16-14-23(31)27-24(29)32/h2-6,9-10,12-14,16-17,33H,7-8,11,15,18H2,1H3,(H,27,31,32)/t25-/m1/s1. The second-order valence-electron chi connectivity index (χ2n) is 8.33. The lowest BCUT2D eigenvalue weighted by atomic mass is 9.88. The van der Waals surface area contributed by atoms with Gasteiger partial charge in [-0.1, -0.05) is 59.8 Å². The van der Waals surface area contributed by atoms with E-state index >= 15 is 0 Å². The van der Waals surface area contributed by atoms with Crippen LogP contribution in [0.2, 0.25) is 0 Å². The van der Waals surface area contributed by atoms with E-state index in [2.05, 4.69) is 15.3 Å². The number of benzene rings is 2. The fourth-order valence-electron chi connectivity index (χ4n) is 4.01. The van der Waals surface area contributed by atoms with Gasteiger partial charge in [0.1, 0.15) is 5.60 Å². The average molecular weight is 446 g/mol. The van der Waals surface area contributed by atoms with Crippen molar-refractivity contribution >= 4 is 0 Å². The summed E-state index contributed by atoms with van der Waals surface area (Å²) >= 11 is 0. The summed E-state index contributed by atoms with van der Waals surface area (Å²) in [5, 5.41) is 19.7. The van der Waals surface area contributed by atoms with Gasteiger partial charge < -0.3 is 9.67 Å². The van der Waals surface area contributed by atoms with Gasteiger partial charge in [0.05, 0.1) is 18.4 Å². The molecule has 8 heteroatoms. The quantitative estimate of drug-likeness (QED) is 0.386. The van der Waals surface area contributed by atoms with Gasteiger partial charge in [0.15, 0.2) is 0 Å². The van der Waals surface area contributed by atoms with Crippen LogP contribution in [0.3, 0.4) is 0 Å². The first-order valence-electron chi connectivity index (χ1n) is 11.0. The first-order valence-corrected chi connectivity index (χ1v) is 11.0. The molecule has 2 N–H and O–H groups in total. The largest absolute Gasteiger partial charge is 0.383 e. The van der Waals surface area contributed by atoms with E-state index in [1.807, 2.05) is 54.6 Å². The van der Waals surface area contributed by atoms with Crippen LogP contribution in [-0.4, -0.2) is 29.7 Å². The number of aryl methyl sites for hydroxylation is 2. The van der Waals surface area contributed by atoms with Gasteiger partial charge >= 0.3 is 5.69 Å². The Morgan fingerprint density at radius 3 is 2.55 bits per heavy atom. The van der Waals surface area contributed by atoms with E-state index < -0.39 is 16.9 Å². The van der Waals surface area contributed by atoms with Crippen molar-refractivity contribution in [2.24, 2.45) is 0 Å². The lowest BCUT2D eigenvalue weighted by molar-refractivity contribution is 0.0337. The van der Waals surface area contributed by atoms with Crippen molar-refractivity contribution in [3.8, 4) is 11.1 Å². The normalized spacial score (nSPS) is 13.0. The summed E-state index contributed by atoms with van der Waals surface area (Å²) < 4.78 is 3.23. The van der Waals surface area contributed by atoms with Crippen molar-refractivity contribution in [3.63, 3.8) is 0 Å². The summed E-state index contributed by atoms with van der Waals surface area (Å²) in [6, 6.07) is 19.2. The molecule has 0 unspecified atom stereocenters. The van der Waals surface area contributed by atoms with Crippen molar-refractivity contribution < 1.29 is 5.11 Å². The third-order valence-corrected chi connectivity index (χ3v) is 5.73. The minimum Gasteiger partial charge on any atom is -0.383 e. The number of H-pyrrole nitrogens is 1. The maximum Gasteiger partial charge on any atom is 0.328 e. The number of nitrogens with zero attached hydrogens (tertiary/aromatic N) is 4. The number of hydrogen-bond donors (Lipinski definition) is 2. The van der Waals surface area contributed by atoms with Gasteiger partial charge in [0, 0.05) is 18.8 Å². The summed E-state index contributed by atoms with van der Waals surface area (Å²) in [6.07, 6.45) is 5.49. The minimum atomic E-state index is -1.15. The van der Waals surface area contributed by atoms with Gasteiger partial charge in [-0.3, -0.25) is 9.78 Å². The smallest absolute Gasteiger partial charge is 0.328 e. The lowest BCUT2D eigenvalue weighted by Crippen LogP contribution is -2.30. The van der Waals surface area contributed by atoms with E-state index in [0.717, 1.165) is 35.2 Å². The molecular formula is C25H27N5O3. The highest BCUT2D eigenvalue weighted by atomic mass is 16.3. The molecular weight excluding hydrogens is 418 g/mol.